The Morgan fingerprint density at radius 3 is 2.43 bits per heavy atom. The highest BCUT2D eigenvalue weighted by Crippen LogP contribution is 2.34. The van der Waals surface area contributed by atoms with Crippen molar-refractivity contribution in [2.24, 2.45) is 7.05 Å². The molecule has 4 aromatic rings. The third-order valence-corrected chi connectivity index (χ3v) is 7.20. The predicted molar refractivity (Wildman–Crippen MR) is 144 cm³/mol. The zero-order valence-electron chi connectivity index (χ0n) is 19.4. The molecule has 0 aliphatic heterocycles. The van der Waals surface area contributed by atoms with Crippen molar-refractivity contribution in [2.45, 2.75) is 32.7 Å². The number of aromatic nitrogens is 3. The van der Waals surface area contributed by atoms with Gasteiger partial charge in [-0.25, -0.2) is 13.8 Å². The van der Waals surface area contributed by atoms with Gasteiger partial charge in [0.25, 0.3) is 11.1 Å². The largest absolute Gasteiger partial charge is 0.398 e. The predicted octanol–water partition coefficient (Wildman–Crippen LogP) is 3.87. The summed E-state index contributed by atoms with van der Waals surface area (Å²) < 4.78 is 19.4. The summed E-state index contributed by atoms with van der Waals surface area (Å²) in [5.74, 6) is -0.629. The van der Waals surface area contributed by atoms with Crippen molar-refractivity contribution >= 4 is 50.7 Å². The highest BCUT2D eigenvalue weighted by atomic mass is 127. The molecule has 0 amide bonds. The van der Waals surface area contributed by atoms with Gasteiger partial charge in [0, 0.05) is 33.6 Å². The lowest BCUT2D eigenvalue weighted by molar-refractivity contribution is 0.596. The van der Waals surface area contributed by atoms with Crippen LogP contribution in [0.2, 0.25) is 0 Å². The van der Waals surface area contributed by atoms with E-state index in [1.165, 1.54) is 28.3 Å². The second-order valence-electron chi connectivity index (χ2n) is 8.83. The Kier molecular flexibility index (Phi) is 5.58. The first-order valence-electron chi connectivity index (χ1n) is 11.1. The lowest BCUT2D eigenvalue weighted by atomic mass is 10.1. The number of nitrogen functional groups attached to an aromatic ring is 1. The summed E-state index contributed by atoms with van der Waals surface area (Å²) in [5.41, 5.74) is 6.96. The average molecular weight is 587 g/mol. The van der Waals surface area contributed by atoms with Gasteiger partial charge in [-0.3, -0.25) is 18.7 Å². The van der Waals surface area contributed by atoms with Crippen LogP contribution in [0.25, 0.3) is 16.7 Å². The third kappa shape index (κ3) is 3.67. The van der Waals surface area contributed by atoms with Crippen molar-refractivity contribution in [3.05, 3.63) is 88.1 Å². The molecule has 1 fully saturated rings. The minimum absolute atomic E-state index is 0.0247. The summed E-state index contributed by atoms with van der Waals surface area (Å²) in [7, 11) is 1.48. The number of anilines is 3. The van der Waals surface area contributed by atoms with Gasteiger partial charge in [0.15, 0.2) is 0 Å². The molecule has 1 saturated carbocycles. The lowest BCUT2D eigenvalue weighted by Gasteiger charge is -2.21. The summed E-state index contributed by atoms with van der Waals surface area (Å²) in [6.45, 7) is 3.45. The highest BCUT2D eigenvalue weighted by Gasteiger charge is 2.32. The molecule has 2 heterocycles. The van der Waals surface area contributed by atoms with E-state index in [-0.39, 0.29) is 28.5 Å². The molecule has 0 unspecified atom stereocenters. The molecule has 5 rings (SSSR count). The van der Waals surface area contributed by atoms with Crippen molar-refractivity contribution in [1.29, 1.82) is 0 Å². The minimum Gasteiger partial charge on any atom is -0.398 e. The number of aryl methyl sites for hydroxylation is 1. The van der Waals surface area contributed by atoms with E-state index in [2.05, 4.69) is 5.32 Å². The number of halogens is 2. The van der Waals surface area contributed by atoms with Crippen LogP contribution in [0.1, 0.15) is 30.0 Å². The summed E-state index contributed by atoms with van der Waals surface area (Å²) in [4.78, 5) is 40.8. The van der Waals surface area contributed by atoms with E-state index in [1.54, 1.807) is 31.2 Å². The molecule has 10 heteroatoms. The van der Waals surface area contributed by atoms with Gasteiger partial charge in [0.1, 0.15) is 16.9 Å². The Bertz CT molecular complexity index is 1720. The molecule has 0 radical (unpaired) electrons. The van der Waals surface area contributed by atoms with Crippen LogP contribution in [0, 0.1) is 23.2 Å². The molecular weight excluding hydrogens is 564 g/mol. The van der Waals surface area contributed by atoms with E-state index in [0.717, 1.165) is 10.1 Å². The quantitative estimate of drug-likeness (QED) is 0.279. The number of hydrogen-bond donors (Lipinski definition) is 2. The highest BCUT2D eigenvalue weighted by molar-refractivity contribution is 14.1. The summed E-state index contributed by atoms with van der Waals surface area (Å²) in [6, 6.07) is 9.52. The van der Waals surface area contributed by atoms with E-state index in [9.17, 15) is 14.4 Å². The molecule has 35 heavy (non-hydrogen) atoms. The maximum atomic E-state index is 15.2. The Morgan fingerprint density at radius 2 is 1.77 bits per heavy atom. The van der Waals surface area contributed by atoms with Crippen molar-refractivity contribution < 1.29 is 4.39 Å². The van der Waals surface area contributed by atoms with Crippen LogP contribution in [-0.2, 0) is 7.05 Å². The van der Waals surface area contributed by atoms with Crippen LogP contribution < -0.4 is 27.9 Å². The summed E-state index contributed by atoms with van der Waals surface area (Å²) in [5, 5.41) is 3.36. The number of nitrogens with zero attached hydrogens (tertiary/aromatic N) is 3. The van der Waals surface area contributed by atoms with Crippen LogP contribution in [0.5, 0.6) is 0 Å². The second kappa shape index (κ2) is 8.36. The van der Waals surface area contributed by atoms with Crippen molar-refractivity contribution in [3.63, 3.8) is 0 Å². The maximum Gasteiger partial charge on any atom is 0.337 e. The Morgan fingerprint density at radius 1 is 1.06 bits per heavy atom. The third-order valence-electron chi connectivity index (χ3n) is 6.53. The average Bonchev–Trinajstić information content (AvgIpc) is 3.64. The van der Waals surface area contributed by atoms with Gasteiger partial charge >= 0.3 is 5.69 Å². The van der Waals surface area contributed by atoms with E-state index in [1.807, 2.05) is 29.5 Å². The van der Waals surface area contributed by atoms with Crippen LogP contribution in [-0.4, -0.2) is 13.7 Å². The smallest absolute Gasteiger partial charge is 0.337 e. The number of nitrogens with two attached hydrogens (primary N) is 1. The van der Waals surface area contributed by atoms with Crippen LogP contribution >= 0.6 is 22.6 Å². The molecule has 3 N–H and O–H groups in total. The van der Waals surface area contributed by atoms with Gasteiger partial charge in [-0.05, 0) is 85.2 Å². The van der Waals surface area contributed by atoms with Crippen LogP contribution in [0.15, 0.2) is 50.8 Å². The molecular formula is C25H23FIN5O3. The minimum atomic E-state index is -0.671. The molecule has 1 aliphatic carbocycles. The Hall–Kier alpha value is -3.41. The van der Waals surface area contributed by atoms with Gasteiger partial charge in [-0.15, -0.1) is 0 Å². The fourth-order valence-corrected chi connectivity index (χ4v) is 4.86. The molecule has 0 bridgehead atoms. The van der Waals surface area contributed by atoms with Gasteiger partial charge in [-0.2, -0.15) is 0 Å². The monoisotopic (exact) mass is 587 g/mol. The molecule has 180 valence electrons. The number of pyridine rings is 1. The molecule has 1 aliphatic rings. The van der Waals surface area contributed by atoms with Gasteiger partial charge in [0.05, 0.1) is 11.4 Å². The molecule has 2 aromatic heterocycles. The molecule has 0 saturated heterocycles. The number of nitrogens with one attached hydrogen (secondary N) is 1. The van der Waals surface area contributed by atoms with E-state index in [0.29, 0.717) is 33.4 Å². The SMILES string of the molecule is Cc1c(N)cccc1Nc1c(C)c(=O)n(C)c2c1c(=O)n(C1CC1)c(=O)n2-c1ccc(I)cc1F. The Labute approximate surface area is 213 Å². The fourth-order valence-electron chi connectivity index (χ4n) is 4.41. The topological polar surface area (TPSA) is 104 Å². The van der Waals surface area contributed by atoms with Gasteiger partial charge in [-0.1, -0.05) is 6.07 Å². The number of benzene rings is 2. The van der Waals surface area contributed by atoms with E-state index >= 15 is 4.39 Å². The van der Waals surface area contributed by atoms with E-state index < -0.39 is 22.6 Å². The first kappa shape index (κ1) is 23.3. The summed E-state index contributed by atoms with van der Waals surface area (Å²) in [6.07, 6.45) is 1.36. The van der Waals surface area contributed by atoms with Crippen LogP contribution in [0.4, 0.5) is 21.5 Å². The first-order valence-corrected chi connectivity index (χ1v) is 12.2. The van der Waals surface area contributed by atoms with Crippen LogP contribution in [0.3, 0.4) is 0 Å². The van der Waals surface area contributed by atoms with Gasteiger partial charge < -0.3 is 11.1 Å². The second-order valence-corrected chi connectivity index (χ2v) is 10.1. The molecule has 2 aromatic carbocycles. The lowest BCUT2D eigenvalue weighted by Crippen LogP contribution is -2.42. The number of rotatable bonds is 4. The van der Waals surface area contributed by atoms with Crippen molar-refractivity contribution in [2.75, 3.05) is 11.1 Å². The Balaban J connectivity index is 1.97. The normalized spacial score (nSPS) is 13.4. The fraction of sp³-hybridized carbons (Fsp3) is 0.240. The summed E-state index contributed by atoms with van der Waals surface area (Å²) >= 11 is 1.98. The maximum absolute atomic E-state index is 15.2. The molecule has 8 nitrogen and oxygen atoms in total. The van der Waals surface area contributed by atoms with Gasteiger partial charge in [0.2, 0.25) is 0 Å². The molecule has 0 spiro atoms. The number of hydrogen-bond acceptors (Lipinski definition) is 5. The number of fused-ring (bicyclic) bond motifs is 1. The van der Waals surface area contributed by atoms with Crippen molar-refractivity contribution in [3.8, 4) is 5.69 Å². The van der Waals surface area contributed by atoms with Crippen molar-refractivity contribution in [1.82, 2.24) is 13.7 Å². The van der Waals surface area contributed by atoms with E-state index in [4.69, 9.17) is 5.73 Å². The zero-order chi connectivity index (χ0) is 25.2. The zero-order valence-corrected chi connectivity index (χ0v) is 21.5. The first-order chi connectivity index (χ1) is 16.6. The standard InChI is InChI=1S/C25H23FIN5O3/c1-12-17(28)5-4-6-18(12)29-21-13(2)23(33)30(3)22-20(21)24(34)31(15-8-9-15)25(35)32(22)19-10-7-14(27)11-16(19)26/h4-7,10-11,15,29H,8-9,28H2,1-3H3. The molecule has 0 atom stereocenters.